The summed E-state index contributed by atoms with van der Waals surface area (Å²) in [6.45, 7) is 4.94. The molecule has 2 rings (SSSR count). The summed E-state index contributed by atoms with van der Waals surface area (Å²) in [5, 5.41) is 8.95. The molecule has 104 valence electrons. The van der Waals surface area contributed by atoms with E-state index >= 15 is 0 Å². The molecule has 0 aromatic carbocycles. The number of likely N-dealkylation sites (tertiary alicyclic amines) is 2. The van der Waals surface area contributed by atoms with Gasteiger partial charge in [-0.1, -0.05) is 6.58 Å². The lowest BCUT2D eigenvalue weighted by atomic mass is 10.0. The maximum absolute atomic E-state index is 11.8. The second-order valence-corrected chi connectivity index (χ2v) is 5.05. The van der Waals surface area contributed by atoms with E-state index in [0.717, 1.165) is 0 Å². The van der Waals surface area contributed by atoms with E-state index in [-0.39, 0.29) is 24.3 Å². The van der Waals surface area contributed by atoms with Gasteiger partial charge in [-0.2, -0.15) is 0 Å². The molecular weight excluding hydrogens is 248 g/mol. The second kappa shape index (κ2) is 5.42. The number of amides is 2. The molecule has 0 bridgehead atoms. The van der Waals surface area contributed by atoms with Crippen LogP contribution in [0.25, 0.3) is 0 Å². The molecule has 0 aromatic heterocycles. The van der Waals surface area contributed by atoms with Crippen LogP contribution in [0, 0.1) is 5.92 Å². The highest BCUT2D eigenvalue weighted by Gasteiger charge is 2.39. The minimum atomic E-state index is -0.907. The van der Waals surface area contributed by atoms with Crippen molar-refractivity contribution in [1.82, 2.24) is 9.80 Å². The fourth-order valence-electron chi connectivity index (χ4n) is 2.78. The summed E-state index contributed by atoms with van der Waals surface area (Å²) in [5.74, 6) is -1.66. The Bertz CT molecular complexity index is 413. The quantitative estimate of drug-likeness (QED) is 0.735. The average molecular weight is 266 g/mol. The van der Waals surface area contributed by atoms with Crippen molar-refractivity contribution < 1.29 is 19.5 Å². The van der Waals surface area contributed by atoms with Crippen LogP contribution in [0.3, 0.4) is 0 Å². The van der Waals surface area contributed by atoms with Crippen molar-refractivity contribution in [3.05, 3.63) is 12.7 Å². The predicted molar refractivity (Wildman–Crippen MR) is 67.3 cm³/mol. The maximum Gasteiger partial charge on any atom is 0.308 e. The number of carbonyl (C=O) groups is 3. The number of aliphatic carboxylic acids is 1. The normalized spacial score (nSPS) is 24.6. The van der Waals surface area contributed by atoms with Crippen molar-refractivity contribution in [2.45, 2.75) is 25.3 Å². The Balaban J connectivity index is 1.91. The second-order valence-electron chi connectivity index (χ2n) is 5.05. The van der Waals surface area contributed by atoms with Crippen LogP contribution in [-0.2, 0) is 14.4 Å². The molecule has 2 saturated heterocycles. The van der Waals surface area contributed by atoms with Gasteiger partial charge < -0.3 is 14.9 Å². The molecule has 6 nitrogen and oxygen atoms in total. The standard InChI is InChI=1S/C13H18N2O4/c1-2-11(16)14-5-3-10(4-6-14)15-8-9(13(18)19)7-12(15)17/h2,9-10H,1,3-8H2,(H,18,19). The number of carboxylic acid groups (broad SMARTS) is 1. The first kappa shape index (κ1) is 13.6. The van der Waals surface area contributed by atoms with Gasteiger partial charge in [0.25, 0.3) is 0 Å². The van der Waals surface area contributed by atoms with Crippen molar-refractivity contribution >= 4 is 17.8 Å². The van der Waals surface area contributed by atoms with E-state index in [1.54, 1.807) is 9.80 Å². The summed E-state index contributed by atoms with van der Waals surface area (Å²) in [5.41, 5.74) is 0. The third kappa shape index (κ3) is 2.77. The van der Waals surface area contributed by atoms with E-state index in [0.29, 0.717) is 32.5 Å². The van der Waals surface area contributed by atoms with Gasteiger partial charge in [0, 0.05) is 32.1 Å². The number of hydrogen-bond donors (Lipinski definition) is 1. The van der Waals surface area contributed by atoms with E-state index in [1.165, 1.54) is 6.08 Å². The summed E-state index contributed by atoms with van der Waals surface area (Å²) in [6.07, 6.45) is 2.80. The lowest BCUT2D eigenvalue weighted by Crippen LogP contribution is -2.47. The SMILES string of the molecule is C=CC(=O)N1CCC(N2CC(C(=O)O)CC2=O)CC1. The fourth-order valence-corrected chi connectivity index (χ4v) is 2.78. The van der Waals surface area contributed by atoms with Gasteiger partial charge in [-0.25, -0.2) is 0 Å². The lowest BCUT2D eigenvalue weighted by Gasteiger charge is -2.36. The molecule has 0 saturated carbocycles. The molecule has 2 amide bonds. The molecule has 6 heteroatoms. The minimum absolute atomic E-state index is 0.0608. The van der Waals surface area contributed by atoms with E-state index in [9.17, 15) is 14.4 Å². The van der Waals surface area contributed by atoms with E-state index in [2.05, 4.69) is 6.58 Å². The largest absolute Gasteiger partial charge is 0.481 e. The highest BCUT2D eigenvalue weighted by Crippen LogP contribution is 2.25. The van der Waals surface area contributed by atoms with Gasteiger partial charge in [0.1, 0.15) is 0 Å². The molecule has 0 aliphatic carbocycles. The van der Waals surface area contributed by atoms with Crippen LogP contribution in [0.5, 0.6) is 0 Å². The van der Waals surface area contributed by atoms with Crippen LogP contribution in [0.1, 0.15) is 19.3 Å². The topological polar surface area (TPSA) is 77.9 Å². The van der Waals surface area contributed by atoms with Crippen LogP contribution < -0.4 is 0 Å². The van der Waals surface area contributed by atoms with Gasteiger partial charge in [-0.05, 0) is 18.9 Å². The lowest BCUT2D eigenvalue weighted by molar-refractivity contribution is -0.141. The van der Waals surface area contributed by atoms with Crippen molar-refractivity contribution in [2.24, 2.45) is 5.92 Å². The predicted octanol–water partition coefficient (Wildman–Crippen LogP) is 0.0965. The number of rotatable bonds is 3. The number of piperidine rings is 1. The van der Waals surface area contributed by atoms with Crippen LogP contribution in [0.2, 0.25) is 0 Å². The van der Waals surface area contributed by atoms with Crippen molar-refractivity contribution in [2.75, 3.05) is 19.6 Å². The van der Waals surface area contributed by atoms with E-state index in [4.69, 9.17) is 5.11 Å². The van der Waals surface area contributed by atoms with Crippen LogP contribution in [0.15, 0.2) is 12.7 Å². The molecule has 0 radical (unpaired) electrons. The number of nitrogens with zero attached hydrogens (tertiary/aromatic N) is 2. The number of carbonyl (C=O) groups excluding carboxylic acids is 2. The van der Waals surface area contributed by atoms with Crippen LogP contribution in [-0.4, -0.2) is 58.4 Å². The zero-order chi connectivity index (χ0) is 14.0. The molecule has 2 aliphatic rings. The summed E-state index contributed by atoms with van der Waals surface area (Å²) in [6, 6.07) is 0.0608. The zero-order valence-corrected chi connectivity index (χ0v) is 10.7. The molecule has 2 heterocycles. The molecule has 1 unspecified atom stereocenters. The molecule has 0 aromatic rings. The smallest absolute Gasteiger partial charge is 0.308 e. The first-order valence-corrected chi connectivity index (χ1v) is 6.46. The first-order chi connectivity index (χ1) is 9.02. The Labute approximate surface area is 111 Å². The molecule has 19 heavy (non-hydrogen) atoms. The fraction of sp³-hybridized carbons (Fsp3) is 0.615. The van der Waals surface area contributed by atoms with E-state index in [1.807, 2.05) is 0 Å². The van der Waals surface area contributed by atoms with Crippen molar-refractivity contribution in [3.63, 3.8) is 0 Å². The van der Waals surface area contributed by atoms with Gasteiger partial charge >= 0.3 is 5.97 Å². The third-order valence-electron chi connectivity index (χ3n) is 3.90. The summed E-state index contributed by atoms with van der Waals surface area (Å²) in [4.78, 5) is 37.6. The van der Waals surface area contributed by atoms with E-state index < -0.39 is 11.9 Å². The maximum atomic E-state index is 11.8. The molecule has 1 N–H and O–H groups in total. The highest BCUT2D eigenvalue weighted by atomic mass is 16.4. The van der Waals surface area contributed by atoms with Gasteiger partial charge in [0.05, 0.1) is 5.92 Å². The molecule has 0 spiro atoms. The zero-order valence-electron chi connectivity index (χ0n) is 10.7. The van der Waals surface area contributed by atoms with Gasteiger partial charge in [-0.3, -0.25) is 14.4 Å². The number of hydrogen-bond acceptors (Lipinski definition) is 3. The van der Waals surface area contributed by atoms with Gasteiger partial charge in [0.15, 0.2) is 0 Å². The first-order valence-electron chi connectivity index (χ1n) is 6.46. The van der Waals surface area contributed by atoms with Crippen LogP contribution >= 0.6 is 0 Å². The Morgan fingerprint density at radius 2 is 1.95 bits per heavy atom. The third-order valence-corrected chi connectivity index (χ3v) is 3.90. The summed E-state index contributed by atoms with van der Waals surface area (Å²) >= 11 is 0. The molecule has 2 fully saturated rings. The summed E-state index contributed by atoms with van der Waals surface area (Å²) in [7, 11) is 0. The monoisotopic (exact) mass is 266 g/mol. The highest BCUT2D eigenvalue weighted by molar-refractivity contribution is 5.87. The van der Waals surface area contributed by atoms with Gasteiger partial charge in [-0.15, -0.1) is 0 Å². The van der Waals surface area contributed by atoms with Crippen molar-refractivity contribution in [1.29, 1.82) is 0 Å². The minimum Gasteiger partial charge on any atom is -0.481 e. The summed E-state index contributed by atoms with van der Waals surface area (Å²) < 4.78 is 0. The molecule has 1 atom stereocenters. The Morgan fingerprint density at radius 1 is 1.32 bits per heavy atom. The van der Waals surface area contributed by atoms with Crippen molar-refractivity contribution in [3.8, 4) is 0 Å². The molecular formula is C13H18N2O4. The number of carboxylic acids is 1. The average Bonchev–Trinajstić information content (AvgIpc) is 2.80. The Kier molecular flexibility index (Phi) is 3.87. The van der Waals surface area contributed by atoms with Gasteiger partial charge in [0.2, 0.25) is 11.8 Å². The van der Waals surface area contributed by atoms with Crippen LogP contribution in [0.4, 0.5) is 0 Å². The Hall–Kier alpha value is -1.85. The Morgan fingerprint density at radius 3 is 2.42 bits per heavy atom. The molecule has 2 aliphatic heterocycles.